The molecule has 0 fully saturated rings. The van der Waals surface area contributed by atoms with Crippen molar-refractivity contribution in [1.29, 1.82) is 0 Å². The Labute approximate surface area is 101 Å². The standard InChI is InChI=1S/C13H17N3O/c1-9-13(10(2)16(3)15-9)17-12-6-4-5-11(7-12)8-14/h4-7H,8,14H2,1-3H3. The van der Waals surface area contributed by atoms with Crippen molar-refractivity contribution >= 4 is 0 Å². The van der Waals surface area contributed by atoms with Crippen LogP contribution in [0.15, 0.2) is 24.3 Å². The number of nitrogens with two attached hydrogens (primary N) is 1. The van der Waals surface area contributed by atoms with Gasteiger partial charge in [0.1, 0.15) is 11.4 Å². The molecule has 0 aliphatic rings. The number of aryl methyl sites for hydroxylation is 2. The molecule has 2 N–H and O–H groups in total. The Morgan fingerprint density at radius 3 is 2.71 bits per heavy atom. The van der Waals surface area contributed by atoms with Gasteiger partial charge in [-0.2, -0.15) is 5.10 Å². The third kappa shape index (κ3) is 2.31. The summed E-state index contributed by atoms with van der Waals surface area (Å²) in [7, 11) is 1.91. The number of hydrogen-bond donors (Lipinski definition) is 1. The molecule has 0 aliphatic heterocycles. The van der Waals surface area contributed by atoms with Gasteiger partial charge < -0.3 is 10.5 Å². The highest BCUT2D eigenvalue weighted by atomic mass is 16.5. The van der Waals surface area contributed by atoms with E-state index >= 15 is 0 Å². The van der Waals surface area contributed by atoms with Crippen molar-refractivity contribution in [1.82, 2.24) is 9.78 Å². The van der Waals surface area contributed by atoms with Crippen LogP contribution in [0.2, 0.25) is 0 Å². The second-order valence-electron chi connectivity index (χ2n) is 4.08. The summed E-state index contributed by atoms with van der Waals surface area (Å²) in [4.78, 5) is 0. The molecular formula is C13H17N3O. The summed E-state index contributed by atoms with van der Waals surface area (Å²) in [5.41, 5.74) is 8.57. The largest absolute Gasteiger partial charge is 0.453 e. The Kier molecular flexibility index (Phi) is 3.15. The summed E-state index contributed by atoms with van der Waals surface area (Å²) in [6.45, 7) is 4.44. The average molecular weight is 231 g/mol. The van der Waals surface area contributed by atoms with Crippen LogP contribution in [0.1, 0.15) is 17.0 Å². The molecule has 0 radical (unpaired) electrons. The molecule has 90 valence electrons. The Balaban J connectivity index is 2.31. The third-order valence-corrected chi connectivity index (χ3v) is 2.80. The number of aromatic nitrogens is 2. The van der Waals surface area contributed by atoms with Crippen LogP contribution >= 0.6 is 0 Å². The Morgan fingerprint density at radius 2 is 2.12 bits per heavy atom. The van der Waals surface area contributed by atoms with Crippen molar-refractivity contribution in [2.75, 3.05) is 0 Å². The van der Waals surface area contributed by atoms with Gasteiger partial charge in [-0.25, -0.2) is 0 Å². The zero-order valence-electron chi connectivity index (χ0n) is 10.4. The zero-order valence-corrected chi connectivity index (χ0v) is 10.4. The molecule has 2 aromatic rings. The first-order chi connectivity index (χ1) is 8.11. The van der Waals surface area contributed by atoms with Crippen LogP contribution in [0.5, 0.6) is 11.5 Å². The lowest BCUT2D eigenvalue weighted by Crippen LogP contribution is -1.96. The van der Waals surface area contributed by atoms with Crippen LogP contribution in [0.4, 0.5) is 0 Å². The highest BCUT2D eigenvalue weighted by molar-refractivity contribution is 5.38. The lowest BCUT2D eigenvalue weighted by Gasteiger charge is -2.07. The third-order valence-electron chi connectivity index (χ3n) is 2.80. The first-order valence-electron chi connectivity index (χ1n) is 5.59. The summed E-state index contributed by atoms with van der Waals surface area (Å²) >= 11 is 0. The molecule has 0 aliphatic carbocycles. The molecule has 0 saturated carbocycles. The van der Waals surface area contributed by atoms with E-state index < -0.39 is 0 Å². The van der Waals surface area contributed by atoms with Crippen molar-refractivity contribution in [3.63, 3.8) is 0 Å². The van der Waals surface area contributed by atoms with Crippen LogP contribution < -0.4 is 10.5 Å². The highest BCUT2D eigenvalue weighted by Crippen LogP contribution is 2.28. The first-order valence-corrected chi connectivity index (χ1v) is 5.59. The van der Waals surface area contributed by atoms with Gasteiger partial charge in [0, 0.05) is 13.6 Å². The van der Waals surface area contributed by atoms with Gasteiger partial charge in [-0.05, 0) is 31.5 Å². The van der Waals surface area contributed by atoms with Crippen LogP contribution in [-0.4, -0.2) is 9.78 Å². The number of rotatable bonds is 3. The van der Waals surface area contributed by atoms with Crippen LogP contribution in [0.3, 0.4) is 0 Å². The quantitative estimate of drug-likeness (QED) is 0.881. The topological polar surface area (TPSA) is 53.1 Å². The Morgan fingerprint density at radius 1 is 1.35 bits per heavy atom. The fourth-order valence-electron chi connectivity index (χ4n) is 1.76. The predicted molar refractivity (Wildman–Crippen MR) is 67.1 cm³/mol. The highest BCUT2D eigenvalue weighted by Gasteiger charge is 2.11. The molecule has 1 heterocycles. The maximum absolute atomic E-state index is 5.86. The van der Waals surface area contributed by atoms with Crippen molar-refractivity contribution in [2.45, 2.75) is 20.4 Å². The number of nitrogens with zero attached hydrogens (tertiary/aromatic N) is 2. The molecule has 0 spiro atoms. The molecule has 0 atom stereocenters. The molecule has 0 bridgehead atoms. The van der Waals surface area contributed by atoms with Crippen molar-refractivity contribution in [3.05, 3.63) is 41.2 Å². The van der Waals surface area contributed by atoms with E-state index in [1.807, 2.05) is 49.8 Å². The summed E-state index contributed by atoms with van der Waals surface area (Å²) in [6, 6.07) is 7.80. The maximum Gasteiger partial charge on any atom is 0.171 e. The minimum absolute atomic E-state index is 0.516. The summed E-state index contributed by atoms with van der Waals surface area (Å²) in [5.74, 6) is 1.62. The molecule has 0 amide bonds. The van der Waals surface area contributed by atoms with E-state index in [9.17, 15) is 0 Å². The SMILES string of the molecule is Cc1nn(C)c(C)c1Oc1cccc(CN)c1. The fourth-order valence-corrected chi connectivity index (χ4v) is 1.76. The van der Waals surface area contributed by atoms with Gasteiger partial charge >= 0.3 is 0 Å². The predicted octanol–water partition coefficient (Wildman–Crippen LogP) is 2.29. The van der Waals surface area contributed by atoms with Gasteiger partial charge in [-0.1, -0.05) is 12.1 Å². The second kappa shape index (κ2) is 4.59. The lowest BCUT2D eigenvalue weighted by atomic mass is 10.2. The Bertz CT molecular complexity index is 531. The van der Waals surface area contributed by atoms with E-state index in [2.05, 4.69) is 5.10 Å². The van der Waals surface area contributed by atoms with Crippen LogP contribution in [0, 0.1) is 13.8 Å². The summed E-state index contributed by atoms with van der Waals surface area (Å²) < 4.78 is 7.68. The van der Waals surface area contributed by atoms with Gasteiger partial charge in [0.05, 0.1) is 5.69 Å². The number of benzene rings is 1. The van der Waals surface area contributed by atoms with Crippen molar-refractivity contribution in [2.24, 2.45) is 12.8 Å². The Hall–Kier alpha value is -1.81. The normalized spacial score (nSPS) is 10.6. The van der Waals surface area contributed by atoms with E-state index in [0.29, 0.717) is 6.54 Å². The maximum atomic E-state index is 5.86. The molecule has 4 heteroatoms. The molecular weight excluding hydrogens is 214 g/mol. The van der Waals surface area contributed by atoms with E-state index in [4.69, 9.17) is 10.5 Å². The van der Waals surface area contributed by atoms with Gasteiger partial charge in [0.15, 0.2) is 5.75 Å². The fraction of sp³-hybridized carbons (Fsp3) is 0.308. The zero-order chi connectivity index (χ0) is 12.4. The monoisotopic (exact) mass is 231 g/mol. The van der Waals surface area contributed by atoms with Gasteiger partial charge in [0.2, 0.25) is 0 Å². The molecule has 1 aromatic carbocycles. The molecule has 1 aromatic heterocycles. The number of ether oxygens (including phenoxy) is 1. The lowest BCUT2D eigenvalue weighted by molar-refractivity contribution is 0.473. The van der Waals surface area contributed by atoms with Gasteiger partial charge in [0.25, 0.3) is 0 Å². The van der Waals surface area contributed by atoms with Crippen molar-refractivity contribution in [3.8, 4) is 11.5 Å². The van der Waals surface area contributed by atoms with Crippen molar-refractivity contribution < 1.29 is 4.74 Å². The van der Waals surface area contributed by atoms with E-state index in [0.717, 1.165) is 28.5 Å². The van der Waals surface area contributed by atoms with Gasteiger partial charge in [-0.15, -0.1) is 0 Å². The van der Waals surface area contributed by atoms with Crippen LogP contribution in [-0.2, 0) is 13.6 Å². The number of hydrogen-bond acceptors (Lipinski definition) is 3. The molecule has 0 saturated heterocycles. The van der Waals surface area contributed by atoms with Gasteiger partial charge in [-0.3, -0.25) is 4.68 Å². The molecule has 4 nitrogen and oxygen atoms in total. The smallest absolute Gasteiger partial charge is 0.171 e. The van der Waals surface area contributed by atoms with E-state index in [1.165, 1.54) is 0 Å². The minimum Gasteiger partial charge on any atom is -0.453 e. The molecule has 2 rings (SSSR count). The average Bonchev–Trinajstić information content (AvgIpc) is 2.56. The second-order valence-corrected chi connectivity index (χ2v) is 4.08. The first kappa shape index (κ1) is 11.7. The minimum atomic E-state index is 0.516. The molecule has 17 heavy (non-hydrogen) atoms. The summed E-state index contributed by atoms with van der Waals surface area (Å²) in [6.07, 6.45) is 0. The summed E-state index contributed by atoms with van der Waals surface area (Å²) in [5, 5.41) is 4.32. The van der Waals surface area contributed by atoms with Crippen LogP contribution in [0.25, 0.3) is 0 Å². The van der Waals surface area contributed by atoms with E-state index in [-0.39, 0.29) is 0 Å². The molecule has 0 unspecified atom stereocenters. The van der Waals surface area contributed by atoms with E-state index in [1.54, 1.807) is 0 Å².